The van der Waals surface area contributed by atoms with Crippen LogP contribution in [0.4, 0.5) is 8.96 Å². The van der Waals surface area contributed by atoms with Crippen LogP contribution in [-0.2, 0) is 22.7 Å². The van der Waals surface area contributed by atoms with E-state index in [-0.39, 0.29) is 23.3 Å². The maximum atomic E-state index is 13.7. The summed E-state index contributed by atoms with van der Waals surface area (Å²) in [5.74, 6) is -2.59. The average Bonchev–Trinajstić information content (AvgIpc) is 2.60. The van der Waals surface area contributed by atoms with Crippen molar-refractivity contribution < 1.29 is 28.8 Å². The lowest BCUT2D eigenvalue weighted by atomic mass is 10.1. The lowest BCUT2D eigenvalue weighted by Crippen LogP contribution is -2.22. The molecule has 0 aliphatic rings. The second-order valence-corrected chi connectivity index (χ2v) is 6.16. The second-order valence-electron chi connectivity index (χ2n) is 6.16. The third-order valence-electron chi connectivity index (χ3n) is 3.92. The summed E-state index contributed by atoms with van der Waals surface area (Å²) in [7, 11) is 0. The van der Waals surface area contributed by atoms with Gasteiger partial charge in [-0.05, 0) is 12.1 Å². The van der Waals surface area contributed by atoms with Gasteiger partial charge in [-0.15, -0.1) is 19.2 Å². The van der Waals surface area contributed by atoms with Crippen molar-refractivity contribution >= 4 is 33.7 Å². The first-order valence-electron chi connectivity index (χ1n) is 8.25. The summed E-state index contributed by atoms with van der Waals surface area (Å²) in [6, 6.07) is 10.2. The number of fused-ring (bicyclic) bond motifs is 3. The maximum absolute atomic E-state index is 13.7. The number of carbonyl (C=O) groups is 2. The van der Waals surface area contributed by atoms with E-state index in [2.05, 4.69) is 9.97 Å². The molecule has 0 spiro atoms. The Hall–Kier alpha value is -3.24. The molecule has 0 radical (unpaired) electrons. The SMILES string of the molecule is O=C(O)CN(F)Cc1ccc2ccc3ccc(CN(F)CC(=O)O)nc3c2n1. The molecule has 3 aromatic rings. The molecular formula is C18H16F2N4O4. The number of aliphatic carboxylic acids is 2. The summed E-state index contributed by atoms with van der Waals surface area (Å²) < 4.78 is 27.3. The first-order valence-corrected chi connectivity index (χ1v) is 8.25. The smallest absolute Gasteiger partial charge is 0.320 e. The van der Waals surface area contributed by atoms with Crippen molar-refractivity contribution in [2.75, 3.05) is 13.1 Å². The Labute approximate surface area is 157 Å². The molecule has 0 fully saturated rings. The zero-order valence-corrected chi connectivity index (χ0v) is 14.5. The molecule has 1 aromatic carbocycles. The molecule has 0 saturated carbocycles. The Morgan fingerprint density at radius 1 is 0.750 bits per heavy atom. The van der Waals surface area contributed by atoms with E-state index in [1.54, 1.807) is 24.3 Å². The molecule has 0 amide bonds. The predicted molar refractivity (Wildman–Crippen MR) is 95.4 cm³/mol. The van der Waals surface area contributed by atoms with Crippen molar-refractivity contribution in [2.24, 2.45) is 0 Å². The molecular weight excluding hydrogens is 374 g/mol. The van der Waals surface area contributed by atoms with Gasteiger partial charge in [0.25, 0.3) is 0 Å². The van der Waals surface area contributed by atoms with E-state index in [1.165, 1.54) is 0 Å². The molecule has 146 valence electrons. The number of pyridine rings is 2. The normalized spacial score (nSPS) is 11.6. The molecule has 3 rings (SSSR count). The van der Waals surface area contributed by atoms with Crippen molar-refractivity contribution in [1.82, 2.24) is 20.2 Å². The fourth-order valence-corrected chi connectivity index (χ4v) is 2.78. The molecule has 2 aromatic heterocycles. The number of halogens is 2. The summed E-state index contributed by atoms with van der Waals surface area (Å²) in [5.41, 5.74) is 1.55. The van der Waals surface area contributed by atoms with E-state index >= 15 is 0 Å². The van der Waals surface area contributed by atoms with E-state index in [1.807, 2.05) is 12.1 Å². The van der Waals surface area contributed by atoms with E-state index in [9.17, 15) is 18.6 Å². The Balaban J connectivity index is 1.95. The largest absolute Gasteiger partial charge is 0.480 e. The first kappa shape index (κ1) is 19.5. The minimum atomic E-state index is -1.29. The van der Waals surface area contributed by atoms with Gasteiger partial charge in [0.2, 0.25) is 0 Å². The molecule has 0 aliphatic carbocycles. The van der Waals surface area contributed by atoms with Crippen molar-refractivity contribution in [1.29, 1.82) is 0 Å². The summed E-state index contributed by atoms with van der Waals surface area (Å²) in [5, 5.41) is 19.0. The Bertz CT molecular complexity index is 964. The van der Waals surface area contributed by atoms with Crippen molar-refractivity contribution in [3.05, 3.63) is 47.8 Å². The highest BCUT2D eigenvalue weighted by Crippen LogP contribution is 2.24. The monoisotopic (exact) mass is 390 g/mol. The van der Waals surface area contributed by atoms with Gasteiger partial charge >= 0.3 is 11.9 Å². The lowest BCUT2D eigenvalue weighted by molar-refractivity contribution is -0.144. The van der Waals surface area contributed by atoms with Crippen LogP contribution in [0.15, 0.2) is 36.4 Å². The molecule has 0 aliphatic heterocycles. The third kappa shape index (κ3) is 4.72. The van der Waals surface area contributed by atoms with Crippen LogP contribution in [0.3, 0.4) is 0 Å². The molecule has 28 heavy (non-hydrogen) atoms. The summed E-state index contributed by atoms with van der Waals surface area (Å²) in [6.07, 6.45) is 0. The second kappa shape index (κ2) is 8.19. The average molecular weight is 390 g/mol. The fraction of sp³-hybridized carbons (Fsp3) is 0.222. The highest BCUT2D eigenvalue weighted by Gasteiger charge is 2.13. The van der Waals surface area contributed by atoms with Crippen LogP contribution in [0.25, 0.3) is 21.8 Å². The number of carboxylic acid groups (broad SMARTS) is 2. The predicted octanol–water partition coefficient (Wildman–Crippen LogP) is 2.33. The van der Waals surface area contributed by atoms with E-state index < -0.39 is 25.0 Å². The van der Waals surface area contributed by atoms with Crippen molar-refractivity contribution in [3.63, 3.8) is 0 Å². The van der Waals surface area contributed by atoms with Crippen LogP contribution >= 0.6 is 0 Å². The standard InChI is InChI=1S/C18H16F2N4O4/c19-23(9-15(25)26)7-13-5-3-11-1-2-12-4-6-14(8-24(20)10-16(27)28)22-18(12)17(11)21-13/h1-6H,7-10H2,(H,25,26)(H,27,28). The van der Waals surface area contributed by atoms with Crippen LogP contribution in [0.1, 0.15) is 11.4 Å². The van der Waals surface area contributed by atoms with Crippen LogP contribution in [0, 0.1) is 0 Å². The molecule has 2 N–H and O–H groups in total. The van der Waals surface area contributed by atoms with Crippen LogP contribution in [-0.4, -0.2) is 55.5 Å². The van der Waals surface area contributed by atoms with Gasteiger partial charge in [-0.3, -0.25) is 9.59 Å². The third-order valence-corrected chi connectivity index (χ3v) is 3.92. The fourth-order valence-electron chi connectivity index (χ4n) is 2.78. The summed E-state index contributed by atoms with van der Waals surface area (Å²) in [6.45, 7) is -2.16. The van der Waals surface area contributed by atoms with Gasteiger partial charge in [0.1, 0.15) is 13.1 Å². The minimum Gasteiger partial charge on any atom is -0.480 e. The number of hydrogen-bond acceptors (Lipinski definition) is 6. The van der Waals surface area contributed by atoms with Gasteiger partial charge in [-0.25, -0.2) is 9.97 Å². The first-order chi connectivity index (χ1) is 13.3. The molecule has 2 heterocycles. The number of benzene rings is 1. The van der Waals surface area contributed by atoms with E-state index in [4.69, 9.17) is 10.2 Å². The maximum Gasteiger partial charge on any atom is 0.320 e. The number of aromatic nitrogens is 2. The van der Waals surface area contributed by atoms with Gasteiger partial charge in [-0.1, -0.05) is 24.3 Å². The van der Waals surface area contributed by atoms with E-state index in [0.29, 0.717) is 22.4 Å². The Kier molecular flexibility index (Phi) is 5.71. The summed E-state index contributed by atoms with van der Waals surface area (Å²) >= 11 is 0. The quantitative estimate of drug-likeness (QED) is 0.446. The van der Waals surface area contributed by atoms with Gasteiger partial charge in [0.15, 0.2) is 0 Å². The van der Waals surface area contributed by atoms with Crippen LogP contribution < -0.4 is 0 Å². The molecule has 0 unspecified atom stereocenters. The van der Waals surface area contributed by atoms with Gasteiger partial charge in [-0.2, -0.15) is 0 Å². The van der Waals surface area contributed by atoms with Crippen molar-refractivity contribution in [2.45, 2.75) is 13.1 Å². The van der Waals surface area contributed by atoms with Gasteiger partial charge in [0.05, 0.1) is 35.5 Å². The zero-order valence-electron chi connectivity index (χ0n) is 14.5. The highest BCUT2D eigenvalue weighted by atomic mass is 19.2. The summed E-state index contributed by atoms with van der Waals surface area (Å²) in [4.78, 5) is 30.0. The van der Waals surface area contributed by atoms with Crippen LogP contribution in [0.2, 0.25) is 0 Å². The number of rotatable bonds is 8. The molecule has 8 nitrogen and oxygen atoms in total. The molecule has 0 saturated heterocycles. The minimum absolute atomic E-state index is 0.132. The van der Waals surface area contributed by atoms with Gasteiger partial charge in [0, 0.05) is 10.8 Å². The highest BCUT2D eigenvalue weighted by molar-refractivity contribution is 6.02. The van der Waals surface area contributed by atoms with Gasteiger partial charge < -0.3 is 10.2 Å². The number of hydrogen-bond donors (Lipinski definition) is 2. The number of carboxylic acids is 2. The topological polar surface area (TPSA) is 107 Å². The Morgan fingerprint density at radius 3 is 1.46 bits per heavy atom. The Morgan fingerprint density at radius 2 is 1.11 bits per heavy atom. The lowest BCUT2D eigenvalue weighted by Gasteiger charge is -2.11. The van der Waals surface area contributed by atoms with Crippen LogP contribution in [0.5, 0.6) is 0 Å². The molecule has 0 atom stereocenters. The molecule has 10 heteroatoms. The van der Waals surface area contributed by atoms with E-state index in [0.717, 1.165) is 10.8 Å². The number of nitrogens with zero attached hydrogens (tertiary/aromatic N) is 4. The van der Waals surface area contributed by atoms with Crippen molar-refractivity contribution in [3.8, 4) is 0 Å². The zero-order chi connectivity index (χ0) is 20.3. The molecule has 0 bridgehead atoms.